The van der Waals surface area contributed by atoms with Crippen LogP contribution in [0, 0.1) is 0 Å². The van der Waals surface area contributed by atoms with E-state index in [2.05, 4.69) is 45.0 Å². The van der Waals surface area contributed by atoms with E-state index >= 15 is 0 Å². The molecule has 2 heteroatoms. The van der Waals surface area contributed by atoms with Crippen LogP contribution in [0.2, 0.25) is 0 Å². The second kappa shape index (κ2) is 4.02. The van der Waals surface area contributed by atoms with Gasteiger partial charge < -0.3 is 11.5 Å². The Morgan fingerprint density at radius 2 is 1.40 bits per heavy atom. The molecule has 0 unspecified atom stereocenters. The fourth-order valence-corrected chi connectivity index (χ4v) is 3.79. The van der Waals surface area contributed by atoms with Crippen molar-refractivity contribution in [3.63, 3.8) is 0 Å². The van der Waals surface area contributed by atoms with Crippen molar-refractivity contribution in [1.29, 1.82) is 0 Å². The number of fused-ring (bicyclic) bond motifs is 1. The first-order chi connectivity index (χ1) is 9.33. The molecule has 0 saturated carbocycles. The molecule has 0 bridgehead atoms. The topological polar surface area (TPSA) is 52.0 Å². The summed E-state index contributed by atoms with van der Waals surface area (Å²) in [5, 5.41) is 0. The van der Waals surface area contributed by atoms with Crippen LogP contribution in [0.1, 0.15) is 43.9 Å². The van der Waals surface area contributed by atoms with Gasteiger partial charge in [0, 0.05) is 16.8 Å². The van der Waals surface area contributed by atoms with E-state index in [9.17, 15) is 0 Å². The Hall–Kier alpha value is -1.96. The summed E-state index contributed by atoms with van der Waals surface area (Å²) < 4.78 is 0. The third-order valence-electron chi connectivity index (χ3n) is 4.71. The van der Waals surface area contributed by atoms with Crippen molar-refractivity contribution in [2.24, 2.45) is 0 Å². The highest BCUT2D eigenvalue weighted by molar-refractivity contribution is 5.58. The van der Waals surface area contributed by atoms with Crippen LogP contribution in [-0.2, 0) is 10.8 Å². The second-order valence-electron chi connectivity index (χ2n) is 6.82. The van der Waals surface area contributed by atoms with Crippen molar-refractivity contribution >= 4 is 11.4 Å². The summed E-state index contributed by atoms with van der Waals surface area (Å²) in [7, 11) is 0. The van der Waals surface area contributed by atoms with E-state index in [1.54, 1.807) is 0 Å². The number of rotatable bonds is 1. The zero-order valence-corrected chi connectivity index (χ0v) is 12.4. The molecule has 0 saturated heterocycles. The lowest BCUT2D eigenvalue weighted by Gasteiger charge is -2.28. The van der Waals surface area contributed by atoms with Crippen molar-refractivity contribution in [2.75, 3.05) is 11.5 Å². The smallest absolute Gasteiger partial charge is 0.0317 e. The molecule has 3 rings (SSSR count). The summed E-state index contributed by atoms with van der Waals surface area (Å²) in [6.45, 7) is 6.93. The monoisotopic (exact) mass is 266 g/mol. The fourth-order valence-electron chi connectivity index (χ4n) is 3.79. The second-order valence-corrected chi connectivity index (χ2v) is 6.82. The summed E-state index contributed by atoms with van der Waals surface area (Å²) in [5.74, 6) is 0. The van der Waals surface area contributed by atoms with E-state index in [0.717, 1.165) is 17.8 Å². The molecule has 0 aromatic heterocycles. The van der Waals surface area contributed by atoms with Gasteiger partial charge in [0.15, 0.2) is 0 Å². The molecule has 2 aromatic carbocycles. The van der Waals surface area contributed by atoms with Crippen LogP contribution >= 0.6 is 0 Å². The third kappa shape index (κ3) is 1.79. The SMILES string of the molecule is CC1(C)C[C@](C)(c2ccc(N)cc2)c2cc(N)ccc21. The van der Waals surface area contributed by atoms with Crippen LogP contribution in [0.5, 0.6) is 0 Å². The summed E-state index contributed by atoms with van der Waals surface area (Å²) in [6, 6.07) is 14.6. The molecular weight excluding hydrogens is 244 g/mol. The molecule has 0 heterocycles. The molecule has 4 N–H and O–H groups in total. The highest BCUT2D eigenvalue weighted by Crippen LogP contribution is 2.53. The molecule has 1 atom stereocenters. The molecule has 0 radical (unpaired) electrons. The van der Waals surface area contributed by atoms with Crippen molar-refractivity contribution < 1.29 is 0 Å². The number of benzene rings is 2. The number of nitrogens with two attached hydrogens (primary N) is 2. The Morgan fingerprint density at radius 3 is 2.05 bits per heavy atom. The van der Waals surface area contributed by atoms with Gasteiger partial charge in [-0.05, 0) is 52.8 Å². The number of anilines is 2. The Kier molecular flexibility index (Phi) is 2.62. The lowest BCUT2D eigenvalue weighted by molar-refractivity contribution is 0.425. The average molecular weight is 266 g/mol. The minimum atomic E-state index is 0.00190. The van der Waals surface area contributed by atoms with Gasteiger partial charge in [-0.2, -0.15) is 0 Å². The molecule has 2 nitrogen and oxygen atoms in total. The van der Waals surface area contributed by atoms with Crippen LogP contribution in [0.15, 0.2) is 42.5 Å². The lowest BCUT2D eigenvalue weighted by Crippen LogP contribution is -2.23. The van der Waals surface area contributed by atoms with E-state index in [-0.39, 0.29) is 10.8 Å². The molecule has 1 aliphatic carbocycles. The standard InChI is InChI=1S/C18H22N2/c1-17(2)11-18(3,12-4-6-13(19)7-5-12)16-10-14(20)8-9-15(16)17/h4-10H,11,19-20H2,1-3H3/t18-/m1/s1. The molecule has 0 aliphatic heterocycles. The van der Waals surface area contributed by atoms with Crippen LogP contribution in [0.3, 0.4) is 0 Å². The normalized spacial score (nSPS) is 23.6. The third-order valence-corrected chi connectivity index (χ3v) is 4.71. The van der Waals surface area contributed by atoms with Crippen molar-refractivity contribution in [2.45, 2.75) is 38.0 Å². The van der Waals surface area contributed by atoms with Crippen molar-refractivity contribution in [1.82, 2.24) is 0 Å². The molecule has 104 valence electrons. The van der Waals surface area contributed by atoms with Gasteiger partial charge in [-0.3, -0.25) is 0 Å². The van der Waals surface area contributed by atoms with Gasteiger partial charge in [-0.25, -0.2) is 0 Å². The van der Waals surface area contributed by atoms with Crippen LogP contribution in [0.4, 0.5) is 11.4 Å². The minimum Gasteiger partial charge on any atom is -0.399 e. The van der Waals surface area contributed by atoms with E-state index in [1.165, 1.54) is 16.7 Å². The van der Waals surface area contributed by atoms with Gasteiger partial charge in [0.05, 0.1) is 0 Å². The van der Waals surface area contributed by atoms with Gasteiger partial charge in [0.2, 0.25) is 0 Å². The first-order valence-corrected chi connectivity index (χ1v) is 7.09. The van der Waals surface area contributed by atoms with Gasteiger partial charge in [0.25, 0.3) is 0 Å². The summed E-state index contributed by atoms with van der Waals surface area (Å²) in [4.78, 5) is 0. The first-order valence-electron chi connectivity index (χ1n) is 7.09. The Balaban J connectivity index is 2.21. The maximum absolute atomic E-state index is 6.02. The van der Waals surface area contributed by atoms with Crippen molar-refractivity contribution in [3.8, 4) is 0 Å². The average Bonchev–Trinajstić information content (AvgIpc) is 2.58. The van der Waals surface area contributed by atoms with Crippen LogP contribution in [-0.4, -0.2) is 0 Å². The number of hydrogen-bond donors (Lipinski definition) is 2. The first kappa shape index (κ1) is 13.0. The van der Waals surface area contributed by atoms with E-state index in [0.29, 0.717) is 0 Å². The van der Waals surface area contributed by atoms with Gasteiger partial charge in [-0.15, -0.1) is 0 Å². The van der Waals surface area contributed by atoms with Gasteiger partial charge in [0.1, 0.15) is 0 Å². The quantitative estimate of drug-likeness (QED) is 0.770. The minimum absolute atomic E-state index is 0.00190. The predicted molar refractivity (Wildman–Crippen MR) is 85.8 cm³/mol. The molecule has 2 aromatic rings. The highest BCUT2D eigenvalue weighted by atomic mass is 14.6. The fraction of sp³-hybridized carbons (Fsp3) is 0.333. The Morgan fingerprint density at radius 1 is 0.800 bits per heavy atom. The summed E-state index contributed by atoms with van der Waals surface area (Å²) in [5.41, 5.74) is 17.7. The van der Waals surface area contributed by atoms with Crippen LogP contribution < -0.4 is 11.5 Å². The molecular formula is C18H22N2. The van der Waals surface area contributed by atoms with Crippen LogP contribution in [0.25, 0.3) is 0 Å². The summed E-state index contributed by atoms with van der Waals surface area (Å²) in [6.07, 6.45) is 1.09. The summed E-state index contributed by atoms with van der Waals surface area (Å²) >= 11 is 0. The molecule has 20 heavy (non-hydrogen) atoms. The molecule has 0 amide bonds. The van der Waals surface area contributed by atoms with Gasteiger partial charge in [-0.1, -0.05) is 39.0 Å². The predicted octanol–water partition coefficient (Wildman–Crippen LogP) is 3.84. The maximum Gasteiger partial charge on any atom is 0.0317 e. The zero-order chi connectivity index (χ0) is 14.5. The maximum atomic E-state index is 6.02. The highest BCUT2D eigenvalue weighted by Gasteiger charge is 2.45. The lowest BCUT2D eigenvalue weighted by atomic mass is 9.75. The zero-order valence-electron chi connectivity index (χ0n) is 12.4. The van der Waals surface area contributed by atoms with Crippen molar-refractivity contribution in [3.05, 3.63) is 59.2 Å². The number of nitrogen functional groups attached to an aromatic ring is 2. The Labute approximate surface area is 120 Å². The van der Waals surface area contributed by atoms with Gasteiger partial charge >= 0.3 is 0 Å². The molecule has 1 aliphatic rings. The van der Waals surface area contributed by atoms with E-state index in [4.69, 9.17) is 11.5 Å². The van der Waals surface area contributed by atoms with E-state index in [1.807, 2.05) is 18.2 Å². The molecule has 0 spiro atoms. The molecule has 0 fully saturated rings. The largest absolute Gasteiger partial charge is 0.399 e. The number of hydrogen-bond acceptors (Lipinski definition) is 2. The van der Waals surface area contributed by atoms with E-state index < -0.39 is 0 Å². The Bertz CT molecular complexity index is 656.